The number of benzene rings is 2. The number of carbonyl (C=O) groups is 1. The van der Waals surface area contributed by atoms with Crippen molar-refractivity contribution in [3.8, 4) is 11.5 Å². The van der Waals surface area contributed by atoms with E-state index in [-0.39, 0.29) is 0 Å². The maximum Gasteiger partial charge on any atom is 0.153 e. The first-order valence-corrected chi connectivity index (χ1v) is 6.81. The van der Waals surface area contributed by atoms with Crippen LogP contribution in [0.25, 0.3) is 6.08 Å². The zero-order valence-electron chi connectivity index (χ0n) is 12.0. The van der Waals surface area contributed by atoms with Crippen molar-refractivity contribution in [3.63, 3.8) is 0 Å². The summed E-state index contributed by atoms with van der Waals surface area (Å²) in [4.78, 5) is 10.8. The van der Waals surface area contributed by atoms with Crippen molar-refractivity contribution in [1.82, 2.24) is 0 Å². The molecule has 3 heteroatoms. The summed E-state index contributed by atoms with van der Waals surface area (Å²) in [7, 11) is 1.54. The summed E-state index contributed by atoms with van der Waals surface area (Å²) in [6.07, 6.45) is 5.73. The number of hydrogen-bond acceptors (Lipinski definition) is 3. The predicted molar refractivity (Wildman–Crippen MR) is 84.0 cm³/mol. The normalized spacial score (nSPS) is 10.5. The van der Waals surface area contributed by atoms with E-state index in [4.69, 9.17) is 9.47 Å². The van der Waals surface area contributed by atoms with Crippen LogP contribution in [0.4, 0.5) is 0 Å². The van der Waals surface area contributed by atoms with Crippen LogP contribution in [0.2, 0.25) is 0 Å². The highest BCUT2D eigenvalue weighted by molar-refractivity contribution is 5.79. The SMILES string of the molecule is COc1cc(OCCC=Cc2ccccc2)ccc1C=O. The van der Waals surface area contributed by atoms with Crippen LogP contribution in [0, 0.1) is 0 Å². The van der Waals surface area contributed by atoms with E-state index in [1.165, 1.54) is 12.7 Å². The van der Waals surface area contributed by atoms with Gasteiger partial charge in [0.15, 0.2) is 6.29 Å². The molecule has 0 aliphatic carbocycles. The third-order valence-electron chi connectivity index (χ3n) is 3.00. The van der Waals surface area contributed by atoms with Gasteiger partial charge in [0.1, 0.15) is 11.5 Å². The molecule has 0 heterocycles. The maximum absolute atomic E-state index is 10.8. The molecule has 2 aromatic carbocycles. The third kappa shape index (κ3) is 4.49. The first kappa shape index (κ1) is 14.9. The zero-order valence-corrected chi connectivity index (χ0v) is 12.0. The second-order valence-corrected chi connectivity index (χ2v) is 4.47. The lowest BCUT2D eigenvalue weighted by molar-refractivity contribution is 0.112. The first-order valence-electron chi connectivity index (χ1n) is 6.81. The second-order valence-electron chi connectivity index (χ2n) is 4.47. The largest absolute Gasteiger partial charge is 0.496 e. The molecular formula is C18H18O3. The van der Waals surface area contributed by atoms with Crippen LogP contribution in [-0.2, 0) is 0 Å². The molecule has 0 aliphatic heterocycles. The molecule has 0 fully saturated rings. The fraction of sp³-hybridized carbons (Fsp3) is 0.167. The minimum Gasteiger partial charge on any atom is -0.496 e. The predicted octanol–water partition coefficient (Wildman–Crippen LogP) is 3.99. The van der Waals surface area contributed by atoms with Crippen molar-refractivity contribution < 1.29 is 14.3 Å². The Morgan fingerprint density at radius 1 is 1.10 bits per heavy atom. The molecule has 2 aromatic rings. The quantitative estimate of drug-likeness (QED) is 0.569. The molecular weight excluding hydrogens is 264 g/mol. The van der Waals surface area contributed by atoms with Crippen LogP contribution >= 0.6 is 0 Å². The highest BCUT2D eigenvalue weighted by atomic mass is 16.5. The number of hydrogen-bond donors (Lipinski definition) is 0. The Bertz CT molecular complexity index is 603. The molecule has 0 aliphatic rings. The van der Waals surface area contributed by atoms with Crippen molar-refractivity contribution in [3.05, 3.63) is 65.7 Å². The first-order chi connectivity index (χ1) is 10.3. The summed E-state index contributed by atoms with van der Waals surface area (Å²) < 4.78 is 10.8. The minimum atomic E-state index is 0.522. The highest BCUT2D eigenvalue weighted by Crippen LogP contribution is 2.23. The molecule has 3 nitrogen and oxygen atoms in total. The van der Waals surface area contributed by atoms with Gasteiger partial charge in [-0.25, -0.2) is 0 Å². The van der Waals surface area contributed by atoms with E-state index in [0.29, 0.717) is 23.7 Å². The number of carbonyl (C=O) groups excluding carboxylic acids is 1. The maximum atomic E-state index is 10.8. The van der Waals surface area contributed by atoms with Gasteiger partial charge in [0.2, 0.25) is 0 Å². The summed E-state index contributed by atoms with van der Waals surface area (Å²) in [5.41, 5.74) is 1.70. The molecule has 0 saturated carbocycles. The minimum absolute atomic E-state index is 0.522. The van der Waals surface area contributed by atoms with Gasteiger partial charge >= 0.3 is 0 Å². The molecule has 0 radical (unpaired) electrons. The van der Waals surface area contributed by atoms with E-state index < -0.39 is 0 Å². The Balaban J connectivity index is 1.83. The molecule has 0 bridgehead atoms. The van der Waals surface area contributed by atoms with E-state index in [9.17, 15) is 4.79 Å². The van der Waals surface area contributed by atoms with Gasteiger partial charge in [-0.05, 0) is 24.1 Å². The van der Waals surface area contributed by atoms with Crippen molar-refractivity contribution in [2.45, 2.75) is 6.42 Å². The lowest BCUT2D eigenvalue weighted by atomic mass is 10.2. The van der Waals surface area contributed by atoms with Gasteiger partial charge in [-0.2, -0.15) is 0 Å². The average Bonchev–Trinajstić information content (AvgIpc) is 2.55. The number of ether oxygens (including phenoxy) is 2. The average molecular weight is 282 g/mol. The molecule has 108 valence electrons. The van der Waals surface area contributed by atoms with Crippen molar-refractivity contribution in [2.75, 3.05) is 13.7 Å². The second kappa shape index (κ2) is 7.90. The summed E-state index contributed by atoms with van der Waals surface area (Å²) in [5, 5.41) is 0. The molecule has 0 amide bonds. The van der Waals surface area contributed by atoms with Crippen molar-refractivity contribution in [1.29, 1.82) is 0 Å². The van der Waals surface area contributed by atoms with E-state index in [0.717, 1.165) is 12.7 Å². The standard InChI is InChI=1S/C18H18O3/c1-20-18-13-17(11-10-16(18)14-19)21-12-6-5-9-15-7-3-2-4-8-15/h2-5,7-11,13-14H,6,12H2,1H3. The fourth-order valence-electron chi connectivity index (χ4n) is 1.91. The molecule has 21 heavy (non-hydrogen) atoms. The lowest BCUT2D eigenvalue weighted by Gasteiger charge is -2.08. The van der Waals surface area contributed by atoms with Gasteiger partial charge in [-0.3, -0.25) is 4.79 Å². The highest BCUT2D eigenvalue weighted by Gasteiger charge is 2.03. The van der Waals surface area contributed by atoms with Crippen LogP contribution in [0.1, 0.15) is 22.3 Å². The van der Waals surface area contributed by atoms with E-state index >= 15 is 0 Å². The Morgan fingerprint density at radius 2 is 1.90 bits per heavy atom. The summed E-state index contributed by atoms with van der Waals surface area (Å²) >= 11 is 0. The zero-order chi connectivity index (χ0) is 14.9. The molecule has 0 unspecified atom stereocenters. The third-order valence-corrected chi connectivity index (χ3v) is 3.00. The van der Waals surface area contributed by atoms with Gasteiger partial charge in [-0.1, -0.05) is 42.5 Å². The molecule has 0 N–H and O–H groups in total. The Kier molecular flexibility index (Phi) is 5.59. The van der Waals surface area contributed by atoms with Crippen molar-refractivity contribution in [2.24, 2.45) is 0 Å². The van der Waals surface area contributed by atoms with Gasteiger partial charge in [0.05, 0.1) is 19.3 Å². The monoisotopic (exact) mass is 282 g/mol. The van der Waals surface area contributed by atoms with Crippen molar-refractivity contribution >= 4 is 12.4 Å². The van der Waals surface area contributed by atoms with Crippen LogP contribution in [0.15, 0.2) is 54.6 Å². The van der Waals surface area contributed by atoms with Gasteiger partial charge in [0.25, 0.3) is 0 Å². The Hall–Kier alpha value is -2.55. The molecule has 0 spiro atoms. The number of rotatable bonds is 7. The van der Waals surface area contributed by atoms with E-state index in [2.05, 4.69) is 24.3 Å². The molecule has 0 atom stereocenters. The summed E-state index contributed by atoms with van der Waals surface area (Å²) in [5.74, 6) is 1.23. The van der Waals surface area contributed by atoms with E-state index in [1.807, 2.05) is 18.2 Å². The Morgan fingerprint density at radius 3 is 2.62 bits per heavy atom. The lowest BCUT2D eigenvalue weighted by Crippen LogP contribution is -1.97. The van der Waals surface area contributed by atoms with Crippen LogP contribution in [-0.4, -0.2) is 20.0 Å². The van der Waals surface area contributed by atoms with E-state index in [1.54, 1.807) is 18.2 Å². The number of methoxy groups -OCH3 is 1. The Labute approximate surface area is 124 Å². The van der Waals surface area contributed by atoms with Gasteiger partial charge in [-0.15, -0.1) is 0 Å². The molecule has 0 aromatic heterocycles. The van der Waals surface area contributed by atoms with Crippen LogP contribution in [0.3, 0.4) is 0 Å². The smallest absolute Gasteiger partial charge is 0.153 e. The summed E-state index contributed by atoms with van der Waals surface area (Å²) in [6, 6.07) is 15.3. The molecule has 2 rings (SSSR count). The number of aldehydes is 1. The fourth-order valence-corrected chi connectivity index (χ4v) is 1.91. The van der Waals surface area contributed by atoms with Gasteiger partial charge < -0.3 is 9.47 Å². The van der Waals surface area contributed by atoms with Gasteiger partial charge in [0, 0.05) is 6.07 Å². The topological polar surface area (TPSA) is 35.5 Å². The summed E-state index contributed by atoms with van der Waals surface area (Å²) in [6.45, 7) is 0.576. The van der Waals surface area contributed by atoms with Crippen LogP contribution in [0.5, 0.6) is 11.5 Å². The molecule has 0 saturated heterocycles. The van der Waals surface area contributed by atoms with Crippen LogP contribution < -0.4 is 9.47 Å².